The predicted octanol–water partition coefficient (Wildman–Crippen LogP) is 4.75. The molecule has 0 atom stereocenters. The van der Waals surface area contributed by atoms with Crippen molar-refractivity contribution in [3.63, 3.8) is 0 Å². The zero-order chi connectivity index (χ0) is 14.7. The van der Waals surface area contributed by atoms with E-state index in [1.165, 1.54) is 17.6 Å². The predicted molar refractivity (Wildman–Crippen MR) is 83.8 cm³/mol. The zero-order valence-electron chi connectivity index (χ0n) is 13.2. The lowest BCUT2D eigenvalue weighted by Gasteiger charge is -2.03. The van der Waals surface area contributed by atoms with E-state index >= 15 is 0 Å². The maximum Gasteiger partial charge on any atom is 0.0569 e. The highest BCUT2D eigenvalue weighted by molar-refractivity contribution is 5.81. The quantitative estimate of drug-likeness (QED) is 0.372. The molecule has 0 spiro atoms. The summed E-state index contributed by atoms with van der Waals surface area (Å²) in [6.07, 6.45) is 10.1. The first-order chi connectivity index (χ1) is 8.95. The van der Waals surface area contributed by atoms with Crippen molar-refractivity contribution in [2.75, 3.05) is 0 Å². The van der Waals surface area contributed by atoms with Crippen molar-refractivity contribution in [2.45, 2.75) is 66.7 Å². The molecular formula is C16H30N2O. The van der Waals surface area contributed by atoms with Gasteiger partial charge in [-0.25, -0.2) is 0 Å². The van der Waals surface area contributed by atoms with Crippen molar-refractivity contribution >= 4 is 5.71 Å². The standard InChI is InChI=1S/C16H30N2O/c1-13(2)9-10-14(3)7-6-8-15(4)11-12-16(5)18-19-17/h8,10,13H,6-7,9,11-12,17H2,1-5H3/b14-10+,15-8+,18-16+. The Hall–Kier alpha value is -1.09. The Morgan fingerprint density at radius 1 is 1.05 bits per heavy atom. The normalized spacial score (nSPS) is 14.2. The van der Waals surface area contributed by atoms with Gasteiger partial charge >= 0.3 is 0 Å². The summed E-state index contributed by atoms with van der Waals surface area (Å²) in [7, 11) is 0. The summed E-state index contributed by atoms with van der Waals surface area (Å²) in [6, 6.07) is 0. The first-order valence-corrected chi connectivity index (χ1v) is 7.16. The molecule has 0 fully saturated rings. The Labute approximate surface area is 118 Å². The van der Waals surface area contributed by atoms with Crippen molar-refractivity contribution in [2.24, 2.45) is 17.0 Å². The second-order valence-electron chi connectivity index (χ2n) is 5.70. The molecule has 0 aliphatic rings. The fourth-order valence-corrected chi connectivity index (χ4v) is 1.70. The van der Waals surface area contributed by atoms with E-state index in [0.717, 1.165) is 37.3 Å². The van der Waals surface area contributed by atoms with Crippen LogP contribution in [-0.2, 0) is 4.94 Å². The number of nitrogens with zero attached hydrogens (tertiary/aromatic N) is 1. The molecule has 0 aromatic heterocycles. The Kier molecular flexibility index (Phi) is 10.2. The van der Waals surface area contributed by atoms with Crippen LogP contribution in [-0.4, -0.2) is 5.71 Å². The van der Waals surface area contributed by atoms with Crippen LogP contribution in [0.5, 0.6) is 0 Å². The molecule has 2 N–H and O–H groups in total. The third-order valence-electron chi connectivity index (χ3n) is 3.06. The number of oxime groups is 1. The van der Waals surface area contributed by atoms with Crippen LogP contribution < -0.4 is 5.90 Å². The minimum atomic E-state index is 0.749. The Morgan fingerprint density at radius 3 is 2.26 bits per heavy atom. The molecule has 0 saturated carbocycles. The van der Waals surface area contributed by atoms with Gasteiger partial charge in [-0.3, -0.25) is 0 Å². The Balaban J connectivity index is 3.93. The molecule has 0 saturated heterocycles. The fourth-order valence-electron chi connectivity index (χ4n) is 1.70. The van der Waals surface area contributed by atoms with E-state index in [9.17, 15) is 0 Å². The summed E-state index contributed by atoms with van der Waals surface area (Å²) in [5, 5.41) is 3.70. The number of hydrogen-bond donors (Lipinski definition) is 1. The minimum absolute atomic E-state index is 0.749. The maximum atomic E-state index is 4.89. The highest BCUT2D eigenvalue weighted by Gasteiger charge is 1.96. The summed E-state index contributed by atoms with van der Waals surface area (Å²) in [5.41, 5.74) is 3.83. The third kappa shape index (κ3) is 11.7. The molecule has 0 heterocycles. The average molecular weight is 266 g/mol. The fraction of sp³-hybridized carbons (Fsp3) is 0.688. The minimum Gasteiger partial charge on any atom is -0.303 e. The van der Waals surface area contributed by atoms with Gasteiger partial charge in [-0.1, -0.05) is 42.3 Å². The number of rotatable bonds is 9. The Bertz CT molecular complexity index is 328. The van der Waals surface area contributed by atoms with Gasteiger partial charge in [0.15, 0.2) is 0 Å². The molecular weight excluding hydrogens is 236 g/mol. The van der Waals surface area contributed by atoms with E-state index in [1.807, 2.05) is 6.92 Å². The van der Waals surface area contributed by atoms with Crippen molar-refractivity contribution in [1.82, 2.24) is 0 Å². The molecule has 0 aliphatic heterocycles. The highest BCUT2D eigenvalue weighted by Crippen LogP contribution is 2.12. The zero-order valence-corrected chi connectivity index (χ0v) is 13.2. The van der Waals surface area contributed by atoms with Gasteiger partial charge in [0.25, 0.3) is 0 Å². The highest BCUT2D eigenvalue weighted by atomic mass is 16.7. The van der Waals surface area contributed by atoms with Crippen LogP contribution in [0.25, 0.3) is 0 Å². The molecule has 0 unspecified atom stereocenters. The lowest BCUT2D eigenvalue weighted by molar-refractivity contribution is 0.148. The van der Waals surface area contributed by atoms with E-state index in [0.29, 0.717) is 0 Å². The van der Waals surface area contributed by atoms with Gasteiger partial charge in [-0.05, 0) is 58.8 Å². The van der Waals surface area contributed by atoms with Crippen LogP contribution in [0.4, 0.5) is 0 Å². The van der Waals surface area contributed by atoms with E-state index in [-0.39, 0.29) is 0 Å². The Morgan fingerprint density at radius 2 is 1.68 bits per heavy atom. The van der Waals surface area contributed by atoms with Gasteiger partial charge in [0, 0.05) is 0 Å². The van der Waals surface area contributed by atoms with Crippen molar-refractivity contribution in [3.05, 3.63) is 23.3 Å². The van der Waals surface area contributed by atoms with E-state index in [4.69, 9.17) is 5.90 Å². The van der Waals surface area contributed by atoms with Crippen LogP contribution in [0.1, 0.15) is 66.7 Å². The molecule has 3 nitrogen and oxygen atoms in total. The maximum absolute atomic E-state index is 4.89. The molecule has 3 heteroatoms. The summed E-state index contributed by atoms with van der Waals surface area (Å²) in [6.45, 7) is 10.8. The van der Waals surface area contributed by atoms with Gasteiger partial charge in [-0.15, -0.1) is 5.90 Å². The average Bonchev–Trinajstić information content (AvgIpc) is 2.34. The van der Waals surface area contributed by atoms with Gasteiger partial charge in [-0.2, -0.15) is 0 Å². The molecule has 0 aromatic carbocycles. The molecule has 0 bridgehead atoms. The molecule has 0 aliphatic carbocycles. The summed E-state index contributed by atoms with van der Waals surface area (Å²) in [5.74, 6) is 5.64. The van der Waals surface area contributed by atoms with Crippen LogP contribution >= 0.6 is 0 Å². The number of hydrogen-bond acceptors (Lipinski definition) is 3. The van der Waals surface area contributed by atoms with Gasteiger partial charge in [0.1, 0.15) is 0 Å². The summed E-state index contributed by atoms with van der Waals surface area (Å²) < 4.78 is 0. The third-order valence-corrected chi connectivity index (χ3v) is 3.06. The lowest BCUT2D eigenvalue weighted by Crippen LogP contribution is -1.97. The lowest BCUT2D eigenvalue weighted by atomic mass is 10.0. The molecule has 110 valence electrons. The SMILES string of the molecule is C/C(=C\CC(C)C)CC/C=C(\C)CC/C(C)=N/ON. The summed E-state index contributed by atoms with van der Waals surface area (Å²) in [4.78, 5) is 4.26. The van der Waals surface area contributed by atoms with Crippen LogP contribution in [0.15, 0.2) is 28.5 Å². The molecule has 0 rings (SSSR count). The number of nitrogens with two attached hydrogens (primary N) is 1. The largest absolute Gasteiger partial charge is 0.303 e. The van der Waals surface area contributed by atoms with E-state index in [2.05, 4.69) is 49.9 Å². The van der Waals surface area contributed by atoms with Crippen molar-refractivity contribution < 1.29 is 4.94 Å². The topological polar surface area (TPSA) is 47.6 Å². The second kappa shape index (κ2) is 10.8. The molecule has 0 aromatic rings. The van der Waals surface area contributed by atoms with Gasteiger partial charge in [0.2, 0.25) is 0 Å². The monoisotopic (exact) mass is 266 g/mol. The second-order valence-corrected chi connectivity index (χ2v) is 5.70. The van der Waals surface area contributed by atoms with Gasteiger partial charge < -0.3 is 4.94 Å². The first kappa shape index (κ1) is 17.9. The van der Waals surface area contributed by atoms with E-state index in [1.54, 1.807) is 0 Å². The van der Waals surface area contributed by atoms with Crippen molar-refractivity contribution in [1.29, 1.82) is 0 Å². The number of allylic oxidation sites excluding steroid dienone is 4. The summed E-state index contributed by atoms with van der Waals surface area (Å²) >= 11 is 0. The van der Waals surface area contributed by atoms with Gasteiger partial charge in [0.05, 0.1) is 5.71 Å². The van der Waals surface area contributed by atoms with E-state index < -0.39 is 0 Å². The first-order valence-electron chi connectivity index (χ1n) is 7.16. The van der Waals surface area contributed by atoms with Crippen molar-refractivity contribution in [3.8, 4) is 0 Å². The molecule has 0 amide bonds. The van der Waals surface area contributed by atoms with Crippen LogP contribution in [0, 0.1) is 5.92 Å². The van der Waals surface area contributed by atoms with Crippen LogP contribution in [0.3, 0.4) is 0 Å². The van der Waals surface area contributed by atoms with Crippen LogP contribution in [0.2, 0.25) is 0 Å². The molecule has 19 heavy (non-hydrogen) atoms. The smallest absolute Gasteiger partial charge is 0.0569 e. The molecule has 0 radical (unpaired) electrons.